The fourth-order valence-electron chi connectivity index (χ4n) is 10.2. The van der Waals surface area contributed by atoms with Gasteiger partial charge < -0.3 is 72.8 Å². The minimum absolute atomic E-state index is 0.00169. The standard InChI is InChI=1S/C58H76N12O19/c1-70(45-15-9-8-14-39(45)32-44(54(70)82)62-46(71)18-16-40(55(83)84)64-57(87)65-41(56(85)86)17-19-49(74)75)29-20-59-47(72)33-60-52(80)42(30-37-10-4-2-5-11-37)63-53(81)43(31-38-12-6-3-7-13-38)61-48(73)34-66-21-22-67(35-50(76)77)23-24-68(36-51(78)79)26-28-69(27-25-66)58(88)89/h2-15,40-44H,16-36H2,1H3,(H12-,59,60,61,62,63,64,65,71,72,73,74,75,76,77,78,79,80,81,83,84,85,86,87,88,89)/p+1/t40-,41-,42?,43-,44-,70?/m0/s1. The average Bonchev–Trinajstić information content (AvgIpc) is 1.09. The number of carbonyl (C=O) groups is 13. The number of carboxylic acid groups (broad SMARTS) is 6. The number of fused-ring (bicyclic) bond motifs is 1. The minimum atomic E-state index is -1.69. The molecule has 2 unspecified atom stereocenters. The Balaban J connectivity index is 1.23. The maximum Gasteiger partial charge on any atom is 0.407 e. The van der Waals surface area contributed by atoms with Crippen molar-refractivity contribution >= 4 is 83.1 Å². The summed E-state index contributed by atoms with van der Waals surface area (Å²) in [5.74, 6) is -10.8. The van der Waals surface area contributed by atoms with Crippen LogP contribution in [0, 0.1) is 0 Å². The van der Waals surface area contributed by atoms with Crippen LogP contribution < -0.4 is 41.7 Å². The highest BCUT2D eigenvalue weighted by atomic mass is 16.4. The number of para-hydroxylation sites is 1. The van der Waals surface area contributed by atoms with Crippen molar-refractivity contribution in [1.29, 1.82) is 0 Å². The second-order valence-corrected chi connectivity index (χ2v) is 21.6. The normalized spacial score (nSPS) is 18.1. The van der Waals surface area contributed by atoms with Gasteiger partial charge in [-0.1, -0.05) is 78.9 Å². The summed E-state index contributed by atoms with van der Waals surface area (Å²) < 4.78 is -0.422. The molecule has 0 radical (unpaired) electrons. The fraction of sp³-hybridized carbons (Fsp3) is 0.466. The topological polar surface area (TPSA) is 440 Å². The summed E-state index contributed by atoms with van der Waals surface area (Å²) in [6, 6.07) is 15.9. The van der Waals surface area contributed by atoms with Crippen LogP contribution in [0.3, 0.4) is 0 Å². The largest absolute Gasteiger partial charge is 0.481 e. The molecule has 0 spiro atoms. The number of carboxylic acids is 5. The third kappa shape index (κ3) is 23.6. The van der Waals surface area contributed by atoms with Gasteiger partial charge in [0.2, 0.25) is 29.5 Å². The molecule has 1 fully saturated rings. The Hall–Kier alpha value is -9.59. The van der Waals surface area contributed by atoms with Crippen molar-refractivity contribution in [2.24, 2.45) is 0 Å². The molecule has 6 atom stereocenters. The lowest BCUT2D eigenvalue weighted by Crippen LogP contribution is -2.64. The second-order valence-electron chi connectivity index (χ2n) is 21.6. The Morgan fingerprint density at radius 2 is 1.00 bits per heavy atom. The van der Waals surface area contributed by atoms with Gasteiger partial charge in [-0.05, 0) is 30.0 Å². The highest BCUT2D eigenvalue weighted by Gasteiger charge is 2.46. The summed E-state index contributed by atoms with van der Waals surface area (Å²) in [7, 11) is 1.58. The molecule has 482 valence electrons. The van der Waals surface area contributed by atoms with E-state index in [4.69, 9.17) is 5.11 Å². The number of hydrogen-bond acceptors (Lipinski definition) is 16. The second kappa shape index (κ2) is 34.7. The monoisotopic (exact) mass is 1250 g/mol. The van der Waals surface area contributed by atoms with E-state index in [1.807, 2.05) is 5.32 Å². The van der Waals surface area contributed by atoms with Crippen molar-refractivity contribution < 1.29 is 93.0 Å². The zero-order valence-corrected chi connectivity index (χ0v) is 49.0. The first-order valence-electron chi connectivity index (χ1n) is 28.6. The molecule has 31 heteroatoms. The van der Waals surface area contributed by atoms with Crippen molar-refractivity contribution in [3.8, 4) is 0 Å². The van der Waals surface area contributed by atoms with Crippen LogP contribution in [0.2, 0.25) is 0 Å². The molecule has 2 aliphatic heterocycles. The number of hydrogen-bond donors (Lipinski definition) is 13. The summed E-state index contributed by atoms with van der Waals surface area (Å²) >= 11 is 0. The molecule has 31 nitrogen and oxygen atoms in total. The number of amides is 9. The van der Waals surface area contributed by atoms with Gasteiger partial charge in [0, 0.05) is 90.0 Å². The number of carbonyl (C=O) groups excluding carboxylic acids is 7. The molecule has 0 saturated carbocycles. The third-order valence-electron chi connectivity index (χ3n) is 14.9. The van der Waals surface area contributed by atoms with Gasteiger partial charge in [-0.2, -0.15) is 0 Å². The number of likely N-dealkylation sites (N-methyl/N-ethyl adjacent to an activating group) is 1. The Labute approximate surface area is 511 Å². The van der Waals surface area contributed by atoms with E-state index in [1.165, 1.54) is 4.90 Å². The Bertz CT molecular complexity index is 3010. The van der Waals surface area contributed by atoms with Crippen LogP contribution in [0.4, 0.5) is 15.3 Å². The molecule has 3 aromatic carbocycles. The first kappa shape index (κ1) is 70.2. The van der Waals surface area contributed by atoms with E-state index < -0.39 is 157 Å². The molecule has 3 aromatic rings. The Morgan fingerprint density at radius 3 is 1.51 bits per heavy atom. The van der Waals surface area contributed by atoms with Crippen LogP contribution in [0.5, 0.6) is 0 Å². The maximum absolute atomic E-state index is 14.5. The highest BCUT2D eigenvalue weighted by molar-refractivity contribution is 5.98. The van der Waals surface area contributed by atoms with Gasteiger partial charge in [0.15, 0.2) is 0 Å². The number of benzene rings is 3. The predicted molar refractivity (Wildman–Crippen MR) is 315 cm³/mol. The molecular weight excluding hydrogens is 1170 g/mol. The van der Waals surface area contributed by atoms with Gasteiger partial charge in [-0.3, -0.25) is 53.1 Å². The SMILES string of the molecule is C[N+]1(CCNC(=O)CNC(=O)C(Cc2ccccc2)NC(=O)[C@H](Cc2ccccc2)NC(=O)CN2CCN(CC(=O)O)CCN(CC(=O)O)CCN(C(=O)O)CC2)C(=O)[C@@H](NC(=O)CC[C@H](NC(=O)N[C@@H](CCC(=O)O)C(=O)O)C(=O)O)Cc2ccccc21. The predicted octanol–water partition coefficient (Wildman–Crippen LogP) is -2.20. The van der Waals surface area contributed by atoms with Crippen LogP contribution >= 0.6 is 0 Å². The van der Waals surface area contributed by atoms with Crippen LogP contribution in [0.25, 0.3) is 0 Å². The van der Waals surface area contributed by atoms with Gasteiger partial charge in [0.1, 0.15) is 42.4 Å². The molecule has 2 heterocycles. The van der Waals surface area contributed by atoms with E-state index in [0.717, 1.165) is 4.90 Å². The van der Waals surface area contributed by atoms with Crippen LogP contribution in [-0.4, -0.2) is 257 Å². The number of rotatable bonds is 30. The number of quaternary nitrogens is 1. The van der Waals surface area contributed by atoms with E-state index in [2.05, 4.69) is 31.9 Å². The zero-order valence-electron chi connectivity index (χ0n) is 49.0. The van der Waals surface area contributed by atoms with Crippen LogP contribution in [-0.2, 0) is 72.0 Å². The van der Waals surface area contributed by atoms with Gasteiger partial charge in [-0.25, -0.2) is 28.5 Å². The van der Waals surface area contributed by atoms with Gasteiger partial charge in [0.05, 0.1) is 39.8 Å². The van der Waals surface area contributed by atoms with E-state index in [0.29, 0.717) is 22.4 Å². The molecule has 0 bridgehead atoms. The van der Waals surface area contributed by atoms with Crippen LogP contribution in [0.15, 0.2) is 84.9 Å². The van der Waals surface area contributed by atoms with E-state index in [-0.39, 0.29) is 91.3 Å². The van der Waals surface area contributed by atoms with Gasteiger partial charge >= 0.3 is 47.9 Å². The Kier molecular flexibility index (Phi) is 27.3. The molecule has 9 amide bonds. The molecular formula is C58H77N12O19+. The third-order valence-corrected chi connectivity index (χ3v) is 14.9. The minimum Gasteiger partial charge on any atom is -0.481 e. The maximum atomic E-state index is 14.5. The summed E-state index contributed by atoms with van der Waals surface area (Å²) in [6.07, 6.45) is -3.41. The van der Waals surface area contributed by atoms with Crippen LogP contribution in [0.1, 0.15) is 42.4 Å². The lowest BCUT2D eigenvalue weighted by atomic mass is 9.94. The molecule has 13 N–H and O–H groups in total. The van der Waals surface area contributed by atoms with Crippen molar-refractivity contribution in [2.75, 3.05) is 98.7 Å². The lowest BCUT2D eigenvalue weighted by Gasteiger charge is -2.39. The smallest absolute Gasteiger partial charge is 0.407 e. The van der Waals surface area contributed by atoms with Gasteiger partial charge in [0.25, 0.3) is 0 Å². The average molecular weight is 1250 g/mol. The van der Waals surface area contributed by atoms with E-state index in [1.54, 1.807) is 102 Å². The van der Waals surface area contributed by atoms with Crippen molar-refractivity contribution in [3.63, 3.8) is 0 Å². The van der Waals surface area contributed by atoms with Crippen molar-refractivity contribution in [1.82, 2.24) is 61.3 Å². The van der Waals surface area contributed by atoms with Crippen molar-refractivity contribution in [2.45, 2.75) is 75.2 Å². The van der Waals surface area contributed by atoms with Gasteiger partial charge in [-0.15, -0.1) is 0 Å². The molecule has 1 saturated heterocycles. The summed E-state index contributed by atoms with van der Waals surface area (Å²) in [5, 5.41) is 74.6. The summed E-state index contributed by atoms with van der Waals surface area (Å²) in [5.41, 5.74) is 2.50. The lowest BCUT2D eigenvalue weighted by molar-refractivity contribution is -0.141. The summed E-state index contributed by atoms with van der Waals surface area (Å²) in [6.45, 7) is -1.64. The summed E-state index contributed by atoms with van der Waals surface area (Å²) in [4.78, 5) is 172. The van der Waals surface area contributed by atoms with Crippen molar-refractivity contribution in [3.05, 3.63) is 102 Å². The zero-order chi connectivity index (χ0) is 65.2. The number of aliphatic carboxylic acids is 5. The number of nitrogens with one attached hydrogen (secondary N) is 7. The quantitative estimate of drug-likeness (QED) is 0.0315. The molecule has 0 aromatic heterocycles. The van der Waals surface area contributed by atoms with E-state index >= 15 is 0 Å². The first-order chi connectivity index (χ1) is 42.3. The number of nitrogens with zero attached hydrogens (tertiary/aromatic N) is 5. The molecule has 89 heavy (non-hydrogen) atoms. The first-order valence-corrected chi connectivity index (χ1v) is 28.6. The molecule has 5 rings (SSSR count). The molecule has 0 aliphatic carbocycles. The highest BCUT2D eigenvalue weighted by Crippen LogP contribution is 2.33. The number of urea groups is 1. The fourth-order valence-corrected chi connectivity index (χ4v) is 10.2. The molecule has 2 aliphatic rings. The van der Waals surface area contributed by atoms with E-state index in [9.17, 15) is 87.9 Å². The Morgan fingerprint density at radius 1 is 0.517 bits per heavy atom.